The Kier molecular flexibility index (Phi) is 5.28. The molecule has 4 aromatic carbocycles. The molecule has 0 aliphatic carbocycles. The third-order valence-corrected chi connectivity index (χ3v) is 8.71. The first kappa shape index (κ1) is 17.5. The first-order valence-corrected chi connectivity index (χ1v) is 11.1. The van der Waals surface area contributed by atoms with E-state index in [1.165, 1.54) is 21.5 Å². The summed E-state index contributed by atoms with van der Waals surface area (Å²) in [5.74, 6) is 2.45. The molecule has 0 spiro atoms. The van der Waals surface area contributed by atoms with Gasteiger partial charge in [0.1, 0.15) is 23.2 Å². The van der Waals surface area contributed by atoms with Crippen LogP contribution in [0.25, 0.3) is 6.08 Å². The molecule has 0 radical (unpaired) electrons. The molecule has 0 aromatic heterocycles. The highest BCUT2D eigenvalue weighted by atomic mass is 31.2. The predicted octanol–water partition coefficient (Wildman–Crippen LogP) is 5.65. The van der Waals surface area contributed by atoms with Crippen molar-refractivity contribution in [3.05, 3.63) is 133 Å². The van der Waals surface area contributed by atoms with Crippen LogP contribution in [-0.2, 0) is 0 Å². The topological polar surface area (TPSA) is 0 Å². The number of hydrogen-bond donors (Lipinski definition) is 0. The fourth-order valence-electron chi connectivity index (χ4n) is 3.46. The highest BCUT2D eigenvalue weighted by Gasteiger charge is 2.43. The summed E-state index contributed by atoms with van der Waals surface area (Å²) in [5.41, 5.74) is 1.23. The molecule has 0 bridgehead atoms. The minimum absolute atomic E-state index is 1.23. The smallest absolute Gasteiger partial charge is 0.0622 e. The van der Waals surface area contributed by atoms with E-state index in [0.717, 1.165) is 0 Å². The van der Waals surface area contributed by atoms with E-state index in [-0.39, 0.29) is 0 Å². The van der Waals surface area contributed by atoms with Crippen LogP contribution >= 0.6 is 7.26 Å². The van der Waals surface area contributed by atoms with Crippen LogP contribution in [0.15, 0.2) is 127 Å². The second kappa shape index (κ2) is 8.16. The Morgan fingerprint density at radius 2 is 0.741 bits per heavy atom. The third-order valence-electron chi connectivity index (χ3n) is 4.78. The highest BCUT2D eigenvalue weighted by Crippen LogP contribution is 2.57. The first-order valence-electron chi connectivity index (χ1n) is 9.19. The van der Waals surface area contributed by atoms with Crippen molar-refractivity contribution in [2.24, 2.45) is 0 Å². The second-order valence-electron chi connectivity index (χ2n) is 6.46. The van der Waals surface area contributed by atoms with E-state index >= 15 is 0 Å². The van der Waals surface area contributed by atoms with Crippen molar-refractivity contribution in [3.8, 4) is 0 Å². The lowest BCUT2D eigenvalue weighted by molar-refractivity contribution is 1.66. The summed E-state index contributed by atoms with van der Waals surface area (Å²) >= 11 is 0. The van der Waals surface area contributed by atoms with Crippen LogP contribution in [0.2, 0.25) is 0 Å². The third kappa shape index (κ3) is 3.63. The SMILES string of the molecule is C(=C/[P+](c1ccccc1)(c1ccccc1)c1ccccc1)/c1ccccc1. The van der Waals surface area contributed by atoms with Crippen LogP contribution in [0.3, 0.4) is 0 Å². The molecular weight excluding hydrogens is 343 g/mol. The van der Waals surface area contributed by atoms with E-state index in [1.807, 2.05) is 0 Å². The molecule has 0 heterocycles. The van der Waals surface area contributed by atoms with Gasteiger partial charge in [0.15, 0.2) is 0 Å². The largest absolute Gasteiger partial charge is 0.136 e. The molecule has 27 heavy (non-hydrogen) atoms. The van der Waals surface area contributed by atoms with Crippen molar-refractivity contribution < 1.29 is 0 Å². The molecular formula is C26H22P+. The van der Waals surface area contributed by atoms with Gasteiger partial charge in [-0.3, -0.25) is 0 Å². The van der Waals surface area contributed by atoms with E-state index in [4.69, 9.17) is 0 Å². The number of benzene rings is 4. The minimum Gasteiger partial charge on any atom is -0.0622 e. The average Bonchev–Trinajstić information content (AvgIpc) is 2.77. The molecule has 1 heteroatoms. The van der Waals surface area contributed by atoms with Gasteiger partial charge in [-0.05, 0) is 48.0 Å². The molecule has 0 N–H and O–H groups in total. The maximum atomic E-state index is 2.45. The second-order valence-corrected chi connectivity index (χ2v) is 9.75. The van der Waals surface area contributed by atoms with Gasteiger partial charge in [0.2, 0.25) is 0 Å². The minimum atomic E-state index is -1.90. The van der Waals surface area contributed by atoms with Crippen LogP contribution in [0.1, 0.15) is 5.56 Å². The molecule has 0 nitrogen and oxygen atoms in total. The number of hydrogen-bond acceptors (Lipinski definition) is 0. The monoisotopic (exact) mass is 365 g/mol. The first-order chi connectivity index (χ1) is 13.4. The van der Waals surface area contributed by atoms with Crippen molar-refractivity contribution >= 4 is 29.3 Å². The van der Waals surface area contributed by atoms with Crippen molar-refractivity contribution in [2.45, 2.75) is 0 Å². The van der Waals surface area contributed by atoms with Crippen LogP contribution in [0.5, 0.6) is 0 Å². The zero-order valence-corrected chi connectivity index (χ0v) is 16.0. The Hall–Kier alpha value is -2.95. The molecule has 4 aromatic rings. The average molecular weight is 365 g/mol. The summed E-state index contributed by atoms with van der Waals surface area (Å²) in [6, 6.07) is 43.3. The van der Waals surface area contributed by atoms with Gasteiger partial charge >= 0.3 is 0 Å². The summed E-state index contributed by atoms with van der Waals surface area (Å²) < 4.78 is 0. The molecule has 0 saturated carbocycles. The lowest BCUT2D eigenvalue weighted by Crippen LogP contribution is -2.29. The molecule has 4 rings (SSSR count). The fourth-order valence-corrected chi connectivity index (χ4v) is 7.19. The van der Waals surface area contributed by atoms with Crippen LogP contribution in [0.4, 0.5) is 0 Å². The lowest BCUT2D eigenvalue weighted by Gasteiger charge is -2.24. The maximum Gasteiger partial charge on any atom is 0.136 e. The molecule has 0 aliphatic rings. The zero-order chi connectivity index (χ0) is 18.4. The van der Waals surface area contributed by atoms with Gasteiger partial charge in [-0.25, -0.2) is 0 Å². The van der Waals surface area contributed by atoms with E-state index in [2.05, 4.69) is 133 Å². The van der Waals surface area contributed by atoms with E-state index in [9.17, 15) is 0 Å². The summed E-state index contributed by atoms with van der Waals surface area (Å²) in [4.78, 5) is 0. The summed E-state index contributed by atoms with van der Waals surface area (Å²) in [6.45, 7) is 0. The van der Waals surface area contributed by atoms with Crippen molar-refractivity contribution in [2.75, 3.05) is 0 Å². The molecule has 0 aliphatic heterocycles. The zero-order valence-electron chi connectivity index (χ0n) is 15.1. The van der Waals surface area contributed by atoms with E-state index in [0.29, 0.717) is 0 Å². The van der Waals surface area contributed by atoms with Crippen LogP contribution in [0, 0.1) is 0 Å². The summed E-state index contributed by atoms with van der Waals surface area (Å²) in [7, 11) is -1.90. The summed E-state index contributed by atoms with van der Waals surface area (Å²) in [6.07, 6.45) is 2.28. The van der Waals surface area contributed by atoms with Gasteiger partial charge < -0.3 is 0 Å². The Morgan fingerprint density at radius 3 is 1.11 bits per heavy atom. The molecule has 0 unspecified atom stereocenters. The standard InChI is InChI=1S/C26H22P/c1-5-13-23(14-6-1)21-22-27(24-15-7-2-8-16-24,25-17-9-3-10-18-25)26-19-11-4-12-20-26/h1-22H/q+1/b22-21-. The Labute approximate surface area is 162 Å². The normalized spacial score (nSPS) is 11.6. The molecule has 0 atom stereocenters. The molecule has 130 valence electrons. The van der Waals surface area contributed by atoms with Gasteiger partial charge in [0.25, 0.3) is 0 Å². The van der Waals surface area contributed by atoms with Gasteiger partial charge in [0, 0.05) is 0 Å². The van der Waals surface area contributed by atoms with Crippen molar-refractivity contribution in [1.82, 2.24) is 0 Å². The Bertz CT molecular complexity index is 894. The van der Waals surface area contributed by atoms with Crippen LogP contribution < -0.4 is 15.9 Å². The quantitative estimate of drug-likeness (QED) is 0.401. The van der Waals surface area contributed by atoms with Gasteiger partial charge in [-0.2, -0.15) is 0 Å². The highest BCUT2D eigenvalue weighted by molar-refractivity contribution is 7.98. The molecule has 0 saturated heterocycles. The summed E-state index contributed by atoms with van der Waals surface area (Å²) in [5, 5.41) is 4.11. The van der Waals surface area contributed by atoms with Crippen LogP contribution in [-0.4, -0.2) is 0 Å². The molecule has 0 amide bonds. The maximum absolute atomic E-state index is 2.45. The lowest BCUT2D eigenvalue weighted by atomic mass is 10.2. The number of rotatable bonds is 5. The molecule has 0 fully saturated rings. The Balaban J connectivity index is 1.99. The van der Waals surface area contributed by atoms with Crippen molar-refractivity contribution in [1.29, 1.82) is 0 Å². The van der Waals surface area contributed by atoms with Gasteiger partial charge in [-0.15, -0.1) is 0 Å². The Morgan fingerprint density at radius 1 is 0.407 bits per heavy atom. The fraction of sp³-hybridized carbons (Fsp3) is 0. The van der Waals surface area contributed by atoms with Gasteiger partial charge in [0.05, 0.1) is 5.82 Å². The van der Waals surface area contributed by atoms with Gasteiger partial charge in [-0.1, -0.05) is 84.9 Å². The van der Waals surface area contributed by atoms with Crippen molar-refractivity contribution in [3.63, 3.8) is 0 Å². The van der Waals surface area contributed by atoms with E-state index < -0.39 is 7.26 Å². The predicted molar refractivity (Wildman–Crippen MR) is 121 cm³/mol. The van der Waals surface area contributed by atoms with E-state index in [1.54, 1.807) is 0 Å².